The molecule has 1 saturated heterocycles. The van der Waals surface area contributed by atoms with Crippen molar-refractivity contribution in [3.63, 3.8) is 0 Å². The lowest BCUT2D eigenvalue weighted by Gasteiger charge is -2.34. The number of nitrogens with two attached hydrogens (primary N) is 1. The summed E-state index contributed by atoms with van der Waals surface area (Å²) in [7, 11) is -3.56. The summed E-state index contributed by atoms with van der Waals surface area (Å²) in [5.74, 6) is 4.63. The molecule has 0 atom stereocenters. The van der Waals surface area contributed by atoms with E-state index in [1.807, 2.05) is 23.6 Å². The largest absolute Gasteiger partial charge is 0.296 e. The topological polar surface area (TPSA) is 95.7 Å². The third-order valence-electron chi connectivity index (χ3n) is 4.47. The molecule has 1 aliphatic heterocycles. The van der Waals surface area contributed by atoms with Gasteiger partial charge in [-0.3, -0.25) is 15.1 Å². The molecule has 1 amide bonds. The third kappa shape index (κ3) is 4.10. The van der Waals surface area contributed by atoms with Gasteiger partial charge in [0.25, 0.3) is 5.91 Å². The van der Waals surface area contributed by atoms with Crippen LogP contribution in [0, 0.1) is 0 Å². The number of rotatable bonds is 5. The van der Waals surface area contributed by atoms with Crippen molar-refractivity contribution in [1.29, 1.82) is 0 Å². The molecule has 1 aliphatic rings. The minimum absolute atomic E-state index is 0.183. The van der Waals surface area contributed by atoms with Gasteiger partial charge in [-0.2, -0.15) is 4.31 Å². The van der Waals surface area contributed by atoms with Crippen LogP contribution in [0.4, 0.5) is 0 Å². The van der Waals surface area contributed by atoms with Crippen LogP contribution in [0.25, 0.3) is 0 Å². The van der Waals surface area contributed by atoms with Gasteiger partial charge in [-0.05, 0) is 29.8 Å². The molecule has 0 aromatic heterocycles. The maximum atomic E-state index is 12.8. The number of hydrogen-bond donors (Lipinski definition) is 2. The Morgan fingerprint density at radius 3 is 2.15 bits per heavy atom. The van der Waals surface area contributed by atoms with Gasteiger partial charge in [0.1, 0.15) is 0 Å². The van der Waals surface area contributed by atoms with Gasteiger partial charge in [-0.25, -0.2) is 14.3 Å². The summed E-state index contributed by atoms with van der Waals surface area (Å²) in [5.41, 5.74) is 3.56. The second kappa shape index (κ2) is 7.96. The van der Waals surface area contributed by atoms with Gasteiger partial charge < -0.3 is 0 Å². The smallest absolute Gasteiger partial charge is 0.265 e. The van der Waals surface area contributed by atoms with Gasteiger partial charge in [-0.15, -0.1) is 0 Å². The third-order valence-corrected chi connectivity index (χ3v) is 6.38. The predicted molar refractivity (Wildman–Crippen MR) is 98.6 cm³/mol. The van der Waals surface area contributed by atoms with Crippen LogP contribution in [0.15, 0.2) is 59.5 Å². The van der Waals surface area contributed by atoms with E-state index in [2.05, 4.69) is 17.0 Å². The van der Waals surface area contributed by atoms with Crippen LogP contribution >= 0.6 is 0 Å². The molecule has 138 valence electrons. The maximum Gasteiger partial charge on any atom is 0.265 e. The van der Waals surface area contributed by atoms with Crippen LogP contribution < -0.4 is 11.3 Å². The lowest BCUT2D eigenvalue weighted by Crippen LogP contribution is -2.48. The summed E-state index contributed by atoms with van der Waals surface area (Å²) in [4.78, 5) is 13.9. The van der Waals surface area contributed by atoms with E-state index in [1.165, 1.54) is 34.1 Å². The molecule has 8 heteroatoms. The molecule has 0 saturated carbocycles. The average Bonchev–Trinajstić information content (AvgIpc) is 2.68. The minimum Gasteiger partial charge on any atom is -0.296 e. The molecule has 0 radical (unpaired) electrons. The molecule has 2 aromatic carbocycles. The first-order valence-corrected chi connectivity index (χ1v) is 9.82. The van der Waals surface area contributed by atoms with Crippen LogP contribution in [-0.4, -0.2) is 49.7 Å². The van der Waals surface area contributed by atoms with Crippen molar-refractivity contribution >= 4 is 15.9 Å². The zero-order valence-corrected chi connectivity index (χ0v) is 15.2. The second-order valence-corrected chi connectivity index (χ2v) is 8.10. The second-order valence-electron chi connectivity index (χ2n) is 6.16. The van der Waals surface area contributed by atoms with Gasteiger partial charge in [-0.1, -0.05) is 30.3 Å². The quantitative estimate of drug-likeness (QED) is 0.458. The molecule has 0 unspecified atom stereocenters. The zero-order chi connectivity index (χ0) is 18.6. The molecule has 3 rings (SSSR count). The van der Waals surface area contributed by atoms with Crippen LogP contribution in [0.3, 0.4) is 0 Å². The predicted octanol–water partition coefficient (Wildman–Crippen LogP) is 0.797. The van der Waals surface area contributed by atoms with Crippen molar-refractivity contribution in [3.8, 4) is 0 Å². The number of piperazine rings is 1. The SMILES string of the molecule is NNC(=O)c1ccc(S(=O)(=O)N2CCN(Cc3ccccc3)CC2)cc1. The Labute approximate surface area is 153 Å². The number of hydrazine groups is 1. The minimum atomic E-state index is -3.56. The van der Waals surface area contributed by atoms with Gasteiger partial charge in [0, 0.05) is 38.3 Å². The van der Waals surface area contributed by atoms with Gasteiger partial charge in [0.05, 0.1) is 4.90 Å². The molecule has 3 N–H and O–H groups in total. The summed E-state index contributed by atoms with van der Waals surface area (Å²) >= 11 is 0. The molecule has 2 aromatic rings. The highest BCUT2D eigenvalue weighted by atomic mass is 32.2. The fourth-order valence-electron chi connectivity index (χ4n) is 2.98. The Balaban J connectivity index is 1.63. The molecule has 1 heterocycles. The Morgan fingerprint density at radius 2 is 1.58 bits per heavy atom. The lowest BCUT2D eigenvalue weighted by molar-refractivity contribution is 0.0953. The van der Waals surface area contributed by atoms with Crippen molar-refractivity contribution in [1.82, 2.24) is 14.6 Å². The Kier molecular flexibility index (Phi) is 5.67. The van der Waals surface area contributed by atoms with E-state index in [9.17, 15) is 13.2 Å². The molecule has 0 aliphatic carbocycles. The number of amides is 1. The van der Waals surface area contributed by atoms with Crippen molar-refractivity contribution in [2.45, 2.75) is 11.4 Å². The van der Waals surface area contributed by atoms with E-state index < -0.39 is 15.9 Å². The van der Waals surface area contributed by atoms with E-state index in [-0.39, 0.29) is 4.90 Å². The lowest BCUT2D eigenvalue weighted by atomic mass is 10.2. The van der Waals surface area contributed by atoms with Crippen LogP contribution in [0.1, 0.15) is 15.9 Å². The van der Waals surface area contributed by atoms with Crippen molar-refractivity contribution in [3.05, 3.63) is 65.7 Å². The van der Waals surface area contributed by atoms with Crippen molar-refractivity contribution in [2.75, 3.05) is 26.2 Å². The number of nitrogen functional groups attached to an aromatic ring is 1. The first-order chi connectivity index (χ1) is 12.5. The van der Waals surface area contributed by atoms with Gasteiger partial charge >= 0.3 is 0 Å². The maximum absolute atomic E-state index is 12.8. The summed E-state index contributed by atoms with van der Waals surface area (Å²) in [6, 6.07) is 15.9. The molecule has 1 fully saturated rings. The molecular formula is C18H22N4O3S. The number of nitrogens with zero attached hydrogens (tertiary/aromatic N) is 2. The number of nitrogens with one attached hydrogen (secondary N) is 1. The number of sulfonamides is 1. The molecular weight excluding hydrogens is 352 g/mol. The summed E-state index contributed by atoms with van der Waals surface area (Å²) < 4.78 is 27.1. The van der Waals surface area contributed by atoms with E-state index >= 15 is 0 Å². The van der Waals surface area contributed by atoms with Crippen LogP contribution in [0.5, 0.6) is 0 Å². The number of benzene rings is 2. The van der Waals surface area contributed by atoms with Crippen molar-refractivity contribution < 1.29 is 13.2 Å². The van der Waals surface area contributed by atoms with Crippen molar-refractivity contribution in [2.24, 2.45) is 5.84 Å². The molecule has 0 bridgehead atoms. The van der Waals surface area contributed by atoms with Gasteiger partial charge in [0.15, 0.2) is 0 Å². The first kappa shape index (κ1) is 18.5. The summed E-state index contributed by atoms with van der Waals surface area (Å²) in [6.45, 7) is 3.07. The monoisotopic (exact) mass is 374 g/mol. The highest BCUT2D eigenvalue weighted by molar-refractivity contribution is 7.89. The first-order valence-electron chi connectivity index (χ1n) is 8.38. The molecule has 7 nitrogen and oxygen atoms in total. The number of hydrogen-bond acceptors (Lipinski definition) is 5. The fourth-order valence-corrected chi connectivity index (χ4v) is 4.40. The van der Waals surface area contributed by atoms with Crippen LogP contribution in [0.2, 0.25) is 0 Å². The highest BCUT2D eigenvalue weighted by Gasteiger charge is 2.28. The zero-order valence-electron chi connectivity index (χ0n) is 14.3. The Bertz CT molecular complexity index is 846. The standard InChI is InChI=1S/C18H22N4O3S/c19-20-18(23)16-6-8-17(9-7-16)26(24,25)22-12-10-21(11-13-22)14-15-4-2-1-3-5-15/h1-9H,10-14,19H2,(H,20,23). The Morgan fingerprint density at radius 1 is 0.962 bits per heavy atom. The fraction of sp³-hybridized carbons (Fsp3) is 0.278. The van der Waals surface area contributed by atoms with E-state index in [0.717, 1.165) is 6.54 Å². The number of carbonyl (C=O) groups excluding carboxylic acids is 1. The Hall–Kier alpha value is -2.26. The molecule has 0 spiro atoms. The summed E-state index contributed by atoms with van der Waals surface area (Å²) in [5, 5.41) is 0. The normalized spacial score (nSPS) is 16.3. The highest BCUT2D eigenvalue weighted by Crippen LogP contribution is 2.19. The summed E-state index contributed by atoms with van der Waals surface area (Å²) in [6.07, 6.45) is 0. The van der Waals surface area contributed by atoms with E-state index in [0.29, 0.717) is 31.7 Å². The van der Waals surface area contributed by atoms with Crippen LogP contribution in [-0.2, 0) is 16.6 Å². The number of carbonyl (C=O) groups is 1. The van der Waals surface area contributed by atoms with Gasteiger partial charge in [0.2, 0.25) is 10.0 Å². The van der Waals surface area contributed by atoms with E-state index in [1.54, 1.807) is 0 Å². The van der Waals surface area contributed by atoms with E-state index in [4.69, 9.17) is 5.84 Å². The molecule has 26 heavy (non-hydrogen) atoms. The average molecular weight is 374 g/mol.